The number of hydrogen-bond acceptors (Lipinski definition) is 3. The van der Waals surface area contributed by atoms with Crippen molar-refractivity contribution in [3.05, 3.63) is 60.2 Å². The summed E-state index contributed by atoms with van der Waals surface area (Å²) in [5, 5.41) is 3.13. The fourth-order valence-electron chi connectivity index (χ4n) is 2.84. The highest BCUT2D eigenvalue weighted by Gasteiger charge is 2.17. The Bertz CT molecular complexity index is 668. The Hall–Kier alpha value is -2.53. The normalized spacial score (nSPS) is 12.9. The van der Waals surface area contributed by atoms with E-state index in [1.165, 1.54) is 5.56 Å². The predicted molar refractivity (Wildman–Crippen MR) is 105 cm³/mol. The van der Waals surface area contributed by atoms with Crippen molar-refractivity contribution >= 4 is 11.6 Å². The lowest BCUT2D eigenvalue weighted by Gasteiger charge is -2.29. The molecule has 134 valence electrons. The van der Waals surface area contributed by atoms with Gasteiger partial charge >= 0.3 is 0 Å². The zero-order valence-corrected chi connectivity index (χ0v) is 15.3. The fourth-order valence-corrected chi connectivity index (χ4v) is 2.84. The quantitative estimate of drug-likeness (QED) is 0.570. The predicted octanol–water partition coefficient (Wildman–Crippen LogP) is 3.50. The van der Waals surface area contributed by atoms with Crippen molar-refractivity contribution in [1.29, 1.82) is 0 Å². The summed E-state index contributed by atoms with van der Waals surface area (Å²) in [5.41, 5.74) is 8.20. The van der Waals surface area contributed by atoms with Crippen LogP contribution in [0.25, 0.3) is 0 Å². The number of hydrogen-bond donors (Lipinski definition) is 2. The van der Waals surface area contributed by atoms with Crippen molar-refractivity contribution in [3.8, 4) is 5.75 Å². The van der Waals surface area contributed by atoms with E-state index in [1.54, 1.807) is 7.11 Å². The summed E-state index contributed by atoms with van der Waals surface area (Å²) in [6, 6.07) is 18.3. The first kappa shape index (κ1) is 18.8. The van der Waals surface area contributed by atoms with Crippen LogP contribution in [0, 0.1) is 0 Å². The number of aliphatic imine (C=N–C) groups is 1. The molecule has 2 aromatic rings. The minimum atomic E-state index is 0.210. The van der Waals surface area contributed by atoms with Gasteiger partial charge in [0.05, 0.1) is 19.7 Å². The van der Waals surface area contributed by atoms with Crippen LogP contribution in [0.5, 0.6) is 5.75 Å². The first-order valence-electron chi connectivity index (χ1n) is 8.67. The second-order valence-corrected chi connectivity index (χ2v) is 5.73. The molecule has 3 N–H and O–H groups in total. The highest BCUT2D eigenvalue weighted by molar-refractivity contribution is 5.92. The zero-order chi connectivity index (χ0) is 18.1. The van der Waals surface area contributed by atoms with Gasteiger partial charge in [-0.05, 0) is 30.8 Å². The van der Waals surface area contributed by atoms with Gasteiger partial charge < -0.3 is 15.8 Å². The summed E-state index contributed by atoms with van der Waals surface area (Å²) in [6.07, 6.45) is 0. The molecule has 5 heteroatoms. The third-order valence-electron chi connectivity index (χ3n) is 4.21. The second-order valence-electron chi connectivity index (χ2n) is 5.73. The van der Waals surface area contributed by atoms with E-state index in [0.717, 1.165) is 24.5 Å². The number of nitrogens with two attached hydrogens (primary N) is 1. The van der Waals surface area contributed by atoms with E-state index in [4.69, 9.17) is 10.5 Å². The van der Waals surface area contributed by atoms with Gasteiger partial charge in [0.15, 0.2) is 5.96 Å². The summed E-state index contributed by atoms with van der Waals surface area (Å²) in [6.45, 7) is 6.88. The molecule has 0 spiro atoms. The number of methoxy groups -OCH3 is 1. The molecule has 0 aliphatic rings. The van der Waals surface area contributed by atoms with Gasteiger partial charge in [-0.1, -0.05) is 50.2 Å². The van der Waals surface area contributed by atoms with E-state index in [-0.39, 0.29) is 6.04 Å². The minimum absolute atomic E-state index is 0.210. The van der Waals surface area contributed by atoms with Crippen LogP contribution in [0.1, 0.15) is 25.5 Å². The molecule has 0 saturated heterocycles. The lowest BCUT2D eigenvalue weighted by molar-refractivity contribution is 0.224. The Labute approximate surface area is 150 Å². The van der Waals surface area contributed by atoms with Gasteiger partial charge in [0.1, 0.15) is 5.75 Å². The molecule has 25 heavy (non-hydrogen) atoms. The van der Waals surface area contributed by atoms with Gasteiger partial charge in [-0.25, -0.2) is 0 Å². The van der Waals surface area contributed by atoms with E-state index in [2.05, 4.69) is 53.3 Å². The molecule has 5 nitrogen and oxygen atoms in total. The lowest BCUT2D eigenvalue weighted by atomic mass is 10.1. The van der Waals surface area contributed by atoms with Crippen molar-refractivity contribution in [2.24, 2.45) is 10.7 Å². The first-order valence-corrected chi connectivity index (χ1v) is 8.67. The van der Waals surface area contributed by atoms with Gasteiger partial charge in [0, 0.05) is 11.8 Å². The van der Waals surface area contributed by atoms with Crippen LogP contribution >= 0.6 is 0 Å². The van der Waals surface area contributed by atoms with Crippen LogP contribution in [0.2, 0.25) is 0 Å². The lowest BCUT2D eigenvalue weighted by Crippen LogP contribution is -2.32. The number of nitrogens with zero attached hydrogens (tertiary/aromatic N) is 2. The number of guanidine groups is 1. The van der Waals surface area contributed by atoms with Crippen LogP contribution in [-0.4, -0.2) is 37.6 Å². The molecule has 0 amide bonds. The molecule has 0 aromatic heterocycles. The monoisotopic (exact) mass is 340 g/mol. The molecule has 0 bridgehead atoms. The Morgan fingerprint density at radius 2 is 1.84 bits per heavy atom. The molecule has 1 unspecified atom stereocenters. The number of anilines is 1. The number of ether oxygens (including phenoxy) is 1. The third-order valence-corrected chi connectivity index (χ3v) is 4.21. The summed E-state index contributed by atoms with van der Waals surface area (Å²) in [5.74, 6) is 1.18. The molecule has 0 heterocycles. The van der Waals surface area contributed by atoms with Crippen LogP contribution in [0.15, 0.2) is 59.6 Å². The third kappa shape index (κ3) is 5.50. The highest BCUT2D eigenvalue weighted by atomic mass is 16.5. The summed E-state index contributed by atoms with van der Waals surface area (Å²) < 4.78 is 5.23. The van der Waals surface area contributed by atoms with Crippen LogP contribution in [0.3, 0.4) is 0 Å². The number of rotatable bonds is 8. The average Bonchev–Trinajstić information content (AvgIpc) is 2.66. The summed E-state index contributed by atoms with van der Waals surface area (Å²) in [7, 11) is 1.64. The number of likely N-dealkylation sites (N-methyl/N-ethyl adjacent to an activating group) is 1. The largest absolute Gasteiger partial charge is 0.497 e. The maximum absolute atomic E-state index is 6.09. The molecule has 2 rings (SSSR count). The van der Waals surface area contributed by atoms with Crippen molar-refractivity contribution < 1.29 is 4.74 Å². The van der Waals surface area contributed by atoms with Gasteiger partial charge in [0.2, 0.25) is 0 Å². The molecule has 0 fully saturated rings. The Balaban J connectivity index is 2.11. The standard InChI is InChI=1S/C20H28N4O/c1-4-24(5-2)19(16-10-7-6-8-11-16)15-22-20(21)23-17-12-9-13-18(14-17)25-3/h6-14,19H,4-5,15H2,1-3H3,(H3,21,22,23). The number of benzene rings is 2. The van der Waals surface area contributed by atoms with Crippen LogP contribution in [-0.2, 0) is 0 Å². The minimum Gasteiger partial charge on any atom is -0.497 e. The van der Waals surface area contributed by atoms with Crippen LogP contribution < -0.4 is 15.8 Å². The Morgan fingerprint density at radius 3 is 2.48 bits per heavy atom. The van der Waals surface area contributed by atoms with E-state index in [0.29, 0.717) is 12.5 Å². The molecule has 0 saturated carbocycles. The van der Waals surface area contributed by atoms with E-state index < -0.39 is 0 Å². The van der Waals surface area contributed by atoms with E-state index in [1.807, 2.05) is 30.3 Å². The number of nitrogens with one attached hydrogen (secondary N) is 1. The SMILES string of the molecule is CCN(CC)C(CN=C(N)Nc1cccc(OC)c1)c1ccccc1. The topological polar surface area (TPSA) is 62.9 Å². The van der Waals surface area contributed by atoms with Crippen molar-refractivity contribution in [2.45, 2.75) is 19.9 Å². The average molecular weight is 340 g/mol. The van der Waals surface area contributed by atoms with Crippen LogP contribution in [0.4, 0.5) is 5.69 Å². The molecule has 1 atom stereocenters. The summed E-state index contributed by atoms with van der Waals surface area (Å²) in [4.78, 5) is 6.96. The van der Waals surface area contributed by atoms with Crippen molar-refractivity contribution in [2.75, 3.05) is 32.1 Å². The molecular weight excluding hydrogens is 312 g/mol. The zero-order valence-electron chi connectivity index (χ0n) is 15.3. The van der Waals surface area contributed by atoms with Gasteiger partial charge in [-0.15, -0.1) is 0 Å². The van der Waals surface area contributed by atoms with Crippen molar-refractivity contribution in [1.82, 2.24) is 4.90 Å². The molecular formula is C20H28N4O. The molecule has 0 aliphatic carbocycles. The maximum Gasteiger partial charge on any atom is 0.193 e. The first-order chi connectivity index (χ1) is 12.2. The van der Waals surface area contributed by atoms with Gasteiger partial charge in [-0.3, -0.25) is 9.89 Å². The Kier molecular flexibility index (Phi) is 7.29. The smallest absolute Gasteiger partial charge is 0.193 e. The molecule has 0 aliphatic heterocycles. The molecule has 0 radical (unpaired) electrons. The van der Waals surface area contributed by atoms with E-state index >= 15 is 0 Å². The Morgan fingerprint density at radius 1 is 1.12 bits per heavy atom. The second kappa shape index (κ2) is 9.69. The van der Waals surface area contributed by atoms with Crippen molar-refractivity contribution in [3.63, 3.8) is 0 Å². The highest BCUT2D eigenvalue weighted by Crippen LogP contribution is 2.21. The van der Waals surface area contributed by atoms with Gasteiger partial charge in [-0.2, -0.15) is 0 Å². The molecule has 2 aromatic carbocycles. The fraction of sp³-hybridized carbons (Fsp3) is 0.350. The van der Waals surface area contributed by atoms with E-state index in [9.17, 15) is 0 Å². The van der Waals surface area contributed by atoms with Gasteiger partial charge in [0.25, 0.3) is 0 Å². The summed E-state index contributed by atoms with van der Waals surface area (Å²) >= 11 is 0. The maximum atomic E-state index is 6.09.